The van der Waals surface area contributed by atoms with E-state index in [1.807, 2.05) is 0 Å². The number of hydrogen-bond acceptors (Lipinski definition) is 4. The molecule has 0 unspecified atom stereocenters. The van der Waals surface area contributed by atoms with Gasteiger partial charge in [0.25, 0.3) is 5.91 Å². The number of rotatable bonds is 4. The molecule has 0 heterocycles. The van der Waals surface area contributed by atoms with Crippen molar-refractivity contribution < 1.29 is 19.1 Å². The Kier molecular flexibility index (Phi) is 4.47. The van der Waals surface area contributed by atoms with E-state index in [0.29, 0.717) is 11.3 Å². The van der Waals surface area contributed by atoms with Crippen LogP contribution < -0.4 is 10.1 Å². The van der Waals surface area contributed by atoms with Crippen molar-refractivity contribution in [1.29, 1.82) is 0 Å². The van der Waals surface area contributed by atoms with E-state index in [2.05, 4.69) is 5.32 Å². The molecule has 1 rings (SSSR count). The molecule has 0 atom stereocenters. The normalized spacial score (nSPS) is 9.62. The number of nitrogens with one attached hydrogen (secondary N) is 1. The van der Waals surface area contributed by atoms with Crippen molar-refractivity contribution in [2.75, 3.05) is 13.8 Å². The number of carbonyl (C=O) groups is 2. The minimum Gasteiger partial charge on any atom is -0.427 e. The number of methoxy groups -OCH3 is 1. The van der Waals surface area contributed by atoms with E-state index in [-0.39, 0.29) is 12.6 Å². The molecule has 1 amide bonds. The zero-order valence-corrected chi connectivity index (χ0v) is 9.15. The highest BCUT2D eigenvalue weighted by Gasteiger charge is 2.05. The highest BCUT2D eigenvalue weighted by atomic mass is 16.5. The van der Waals surface area contributed by atoms with Gasteiger partial charge in [0.2, 0.25) is 0 Å². The summed E-state index contributed by atoms with van der Waals surface area (Å²) in [4.78, 5) is 22.1. The van der Waals surface area contributed by atoms with Gasteiger partial charge in [0.15, 0.2) is 0 Å². The second-order valence-corrected chi connectivity index (χ2v) is 3.06. The quantitative estimate of drug-likeness (QED) is 0.469. The Morgan fingerprint density at radius 1 is 1.25 bits per heavy atom. The standard InChI is InChI=1S/C11H13NO4/c1-8(13)16-10-5-3-9(4-6-10)11(14)12-7-15-2/h3-6H,7H2,1-2H3,(H,12,14). The van der Waals surface area contributed by atoms with E-state index in [4.69, 9.17) is 9.47 Å². The zero-order chi connectivity index (χ0) is 12.0. The van der Waals surface area contributed by atoms with Crippen LogP contribution in [0.1, 0.15) is 17.3 Å². The van der Waals surface area contributed by atoms with Gasteiger partial charge in [-0.2, -0.15) is 0 Å². The van der Waals surface area contributed by atoms with Crippen LogP contribution in [0.4, 0.5) is 0 Å². The second kappa shape index (κ2) is 5.87. The van der Waals surface area contributed by atoms with Crippen LogP contribution in [0, 0.1) is 0 Å². The summed E-state index contributed by atoms with van der Waals surface area (Å²) in [6.45, 7) is 1.48. The smallest absolute Gasteiger partial charge is 0.308 e. The van der Waals surface area contributed by atoms with E-state index in [1.54, 1.807) is 24.3 Å². The maximum absolute atomic E-state index is 11.4. The predicted octanol–water partition coefficient (Wildman–Crippen LogP) is 0.946. The molecule has 1 N–H and O–H groups in total. The largest absolute Gasteiger partial charge is 0.427 e. The Morgan fingerprint density at radius 2 is 1.88 bits per heavy atom. The first kappa shape index (κ1) is 12.2. The highest BCUT2D eigenvalue weighted by Crippen LogP contribution is 2.12. The van der Waals surface area contributed by atoms with Crippen LogP contribution in [0.5, 0.6) is 5.75 Å². The molecule has 0 aliphatic rings. The van der Waals surface area contributed by atoms with E-state index in [1.165, 1.54) is 14.0 Å². The van der Waals surface area contributed by atoms with Crippen LogP contribution in [0.25, 0.3) is 0 Å². The van der Waals surface area contributed by atoms with Crippen LogP contribution in [0.3, 0.4) is 0 Å². The number of ether oxygens (including phenoxy) is 2. The summed E-state index contributed by atoms with van der Waals surface area (Å²) < 4.78 is 9.54. The molecule has 0 saturated heterocycles. The van der Waals surface area contributed by atoms with Gasteiger partial charge in [0.05, 0.1) is 0 Å². The summed E-state index contributed by atoms with van der Waals surface area (Å²) >= 11 is 0. The van der Waals surface area contributed by atoms with Gasteiger partial charge in [-0.25, -0.2) is 0 Å². The second-order valence-electron chi connectivity index (χ2n) is 3.06. The Morgan fingerprint density at radius 3 is 2.38 bits per heavy atom. The van der Waals surface area contributed by atoms with Gasteiger partial charge >= 0.3 is 5.97 Å². The van der Waals surface area contributed by atoms with E-state index < -0.39 is 5.97 Å². The molecule has 0 aliphatic heterocycles. The average Bonchev–Trinajstić information content (AvgIpc) is 2.26. The summed E-state index contributed by atoms with van der Waals surface area (Å²) in [5, 5.41) is 2.54. The van der Waals surface area contributed by atoms with E-state index >= 15 is 0 Å². The van der Waals surface area contributed by atoms with Gasteiger partial charge in [-0.3, -0.25) is 9.59 Å². The van der Waals surface area contributed by atoms with Crippen molar-refractivity contribution in [1.82, 2.24) is 5.32 Å². The van der Waals surface area contributed by atoms with Crippen molar-refractivity contribution in [3.63, 3.8) is 0 Å². The SMILES string of the molecule is COCNC(=O)c1ccc(OC(C)=O)cc1. The minimum atomic E-state index is -0.392. The topological polar surface area (TPSA) is 64.6 Å². The number of hydrogen-bond donors (Lipinski definition) is 1. The van der Waals surface area contributed by atoms with Crippen molar-refractivity contribution in [3.05, 3.63) is 29.8 Å². The third-order valence-electron chi connectivity index (χ3n) is 1.76. The summed E-state index contributed by atoms with van der Waals surface area (Å²) in [6.07, 6.45) is 0. The highest BCUT2D eigenvalue weighted by molar-refractivity contribution is 5.94. The molecular formula is C11H13NO4. The molecule has 0 spiro atoms. The molecule has 0 saturated carbocycles. The van der Waals surface area contributed by atoms with Crippen LogP contribution in [-0.2, 0) is 9.53 Å². The first-order valence-electron chi connectivity index (χ1n) is 4.69. The molecule has 5 nitrogen and oxygen atoms in total. The monoisotopic (exact) mass is 223 g/mol. The summed E-state index contributed by atoms with van der Waals surface area (Å²) in [5.74, 6) is -0.219. The zero-order valence-electron chi connectivity index (χ0n) is 9.15. The van der Waals surface area contributed by atoms with Crippen LogP contribution in [0.15, 0.2) is 24.3 Å². The van der Waals surface area contributed by atoms with Crippen molar-refractivity contribution >= 4 is 11.9 Å². The summed E-state index contributed by atoms with van der Waals surface area (Å²) in [6, 6.07) is 6.26. The minimum absolute atomic E-state index is 0.157. The maximum atomic E-state index is 11.4. The van der Waals surface area contributed by atoms with Gasteiger partial charge in [-0.05, 0) is 24.3 Å². The Hall–Kier alpha value is -1.88. The molecule has 1 aromatic carbocycles. The third-order valence-corrected chi connectivity index (χ3v) is 1.76. The lowest BCUT2D eigenvalue weighted by atomic mass is 10.2. The number of esters is 1. The summed E-state index contributed by atoms with van der Waals surface area (Å²) in [5.41, 5.74) is 0.480. The predicted molar refractivity (Wildman–Crippen MR) is 57.1 cm³/mol. The van der Waals surface area contributed by atoms with Crippen molar-refractivity contribution in [2.24, 2.45) is 0 Å². The molecule has 0 bridgehead atoms. The lowest BCUT2D eigenvalue weighted by Gasteiger charge is -2.04. The van der Waals surface area contributed by atoms with Crippen LogP contribution >= 0.6 is 0 Å². The number of carbonyl (C=O) groups excluding carboxylic acids is 2. The molecule has 86 valence electrons. The van der Waals surface area contributed by atoms with Gasteiger partial charge < -0.3 is 14.8 Å². The van der Waals surface area contributed by atoms with Gasteiger partial charge in [-0.15, -0.1) is 0 Å². The van der Waals surface area contributed by atoms with Crippen molar-refractivity contribution in [2.45, 2.75) is 6.92 Å². The molecule has 16 heavy (non-hydrogen) atoms. The summed E-state index contributed by atoms with van der Waals surface area (Å²) in [7, 11) is 1.49. The number of amides is 1. The molecule has 0 aromatic heterocycles. The maximum Gasteiger partial charge on any atom is 0.308 e. The fourth-order valence-corrected chi connectivity index (χ4v) is 1.08. The van der Waals surface area contributed by atoms with Gasteiger partial charge in [-0.1, -0.05) is 0 Å². The lowest BCUT2D eigenvalue weighted by Crippen LogP contribution is -2.25. The van der Waals surface area contributed by atoms with Gasteiger partial charge in [0.1, 0.15) is 12.5 Å². The van der Waals surface area contributed by atoms with E-state index in [0.717, 1.165) is 0 Å². The fourth-order valence-electron chi connectivity index (χ4n) is 1.08. The number of benzene rings is 1. The van der Waals surface area contributed by atoms with Crippen molar-refractivity contribution in [3.8, 4) is 5.75 Å². The first-order valence-corrected chi connectivity index (χ1v) is 4.69. The van der Waals surface area contributed by atoms with Gasteiger partial charge in [0, 0.05) is 19.6 Å². The Bertz CT molecular complexity index is 372. The molecular weight excluding hydrogens is 210 g/mol. The third kappa shape index (κ3) is 3.70. The molecule has 0 radical (unpaired) electrons. The molecule has 0 aliphatic carbocycles. The average molecular weight is 223 g/mol. The van der Waals surface area contributed by atoms with Crippen LogP contribution in [0.2, 0.25) is 0 Å². The lowest BCUT2D eigenvalue weighted by molar-refractivity contribution is -0.131. The fraction of sp³-hybridized carbons (Fsp3) is 0.273. The Balaban J connectivity index is 2.63. The molecule has 1 aromatic rings. The van der Waals surface area contributed by atoms with Crippen LogP contribution in [-0.4, -0.2) is 25.7 Å². The molecule has 5 heteroatoms. The Labute approximate surface area is 93.4 Å². The first-order chi connectivity index (χ1) is 7.63. The van der Waals surface area contributed by atoms with E-state index in [9.17, 15) is 9.59 Å². The molecule has 0 fully saturated rings.